The molecular formula is C56H49N3O. The number of nitrogens with zero attached hydrogens (tertiary/aromatic N) is 3. The van der Waals surface area contributed by atoms with Crippen molar-refractivity contribution in [3.8, 4) is 78.6 Å². The van der Waals surface area contributed by atoms with Crippen LogP contribution in [0.4, 0.5) is 0 Å². The lowest BCUT2D eigenvalue weighted by molar-refractivity contribution is 0.446. The molecule has 0 unspecified atom stereocenters. The van der Waals surface area contributed by atoms with Crippen LogP contribution in [0.2, 0.25) is 0 Å². The van der Waals surface area contributed by atoms with E-state index in [9.17, 15) is 5.11 Å². The van der Waals surface area contributed by atoms with Gasteiger partial charge in [-0.1, -0.05) is 169 Å². The van der Waals surface area contributed by atoms with Gasteiger partial charge in [-0.2, -0.15) is 0 Å². The van der Waals surface area contributed by atoms with Crippen LogP contribution in [0.5, 0.6) is 5.75 Å². The number of hydrogen-bond acceptors (Lipinski definition) is 3. The van der Waals surface area contributed by atoms with E-state index >= 15 is 0 Å². The molecule has 0 aliphatic rings. The quantitative estimate of drug-likeness (QED) is 0.175. The van der Waals surface area contributed by atoms with E-state index < -0.39 is 0 Å². The Morgan fingerprint density at radius 2 is 1.03 bits per heavy atom. The van der Waals surface area contributed by atoms with E-state index in [0.717, 1.165) is 83.6 Å². The summed E-state index contributed by atoms with van der Waals surface area (Å²) in [6.45, 7) is 13.2. The fourth-order valence-electron chi connectivity index (χ4n) is 8.22. The first-order chi connectivity index (χ1) is 28.9. The second-order valence-electron chi connectivity index (χ2n) is 17.7. The van der Waals surface area contributed by atoms with E-state index in [0.29, 0.717) is 11.4 Å². The summed E-state index contributed by atoms with van der Waals surface area (Å²) >= 11 is 0. The number of phenolic OH excluding ortho intramolecular Hbond substituents is 1. The van der Waals surface area contributed by atoms with Crippen LogP contribution in [0, 0.1) is 0 Å². The molecule has 294 valence electrons. The van der Waals surface area contributed by atoms with Gasteiger partial charge in [-0.15, -0.1) is 0 Å². The molecule has 4 nitrogen and oxygen atoms in total. The summed E-state index contributed by atoms with van der Waals surface area (Å²) in [4.78, 5) is 10.5. The van der Waals surface area contributed by atoms with Gasteiger partial charge < -0.3 is 5.11 Å². The standard InChI is InChI=1S/C56H49N3O/c1-55(2,3)44-35-47(53(60)48(36-44)56(4,5)6)54-58-52-46(26-18-28-51(52)59(54)50-27-17-16-25-45(50)39-23-14-9-15-24-39)42-31-41(38-21-12-8-13-22-38)32-43(33-42)49-34-40(29-30-57-49)37-19-10-7-11-20-37/h7-36,60H,1-6H3. The maximum atomic E-state index is 12.4. The normalized spacial score (nSPS) is 11.9. The Kier molecular flexibility index (Phi) is 9.80. The van der Waals surface area contributed by atoms with Crippen molar-refractivity contribution in [1.82, 2.24) is 14.5 Å². The number of aromatic hydroxyl groups is 1. The van der Waals surface area contributed by atoms with Gasteiger partial charge in [0.25, 0.3) is 0 Å². The number of phenols is 1. The molecule has 4 heteroatoms. The second kappa shape index (κ2) is 15.3. The van der Waals surface area contributed by atoms with Crippen molar-refractivity contribution in [2.75, 3.05) is 0 Å². The van der Waals surface area contributed by atoms with Crippen LogP contribution in [-0.4, -0.2) is 19.6 Å². The summed E-state index contributed by atoms with van der Waals surface area (Å²) in [7, 11) is 0. The highest BCUT2D eigenvalue weighted by Gasteiger charge is 2.29. The van der Waals surface area contributed by atoms with Gasteiger partial charge in [0.2, 0.25) is 0 Å². The predicted molar refractivity (Wildman–Crippen MR) is 251 cm³/mol. The van der Waals surface area contributed by atoms with Crippen molar-refractivity contribution in [3.63, 3.8) is 0 Å². The maximum absolute atomic E-state index is 12.4. The number of imidazole rings is 1. The van der Waals surface area contributed by atoms with Gasteiger partial charge in [-0.25, -0.2) is 4.98 Å². The van der Waals surface area contributed by atoms with Crippen LogP contribution in [0.25, 0.3) is 83.9 Å². The number of pyridine rings is 1. The molecule has 7 aromatic carbocycles. The summed E-state index contributed by atoms with van der Waals surface area (Å²) < 4.78 is 2.25. The molecule has 0 aliphatic carbocycles. The van der Waals surface area contributed by atoms with Crippen LogP contribution in [-0.2, 0) is 10.8 Å². The molecule has 0 atom stereocenters. The van der Waals surface area contributed by atoms with Crippen LogP contribution >= 0.6 is 0 Å². The SMILES string of the molecule is CC(C)(C)c1cc(-c2nc3c(-c4cc(-c5ccccc5)cc(-c5cc(-c6ccccc6)ccn5)c4)cccc3n2-c2ccccc2-c2ccccc2)c(O)c(C(C)(C)C)c1. The Morgan fingerprint density at radius 3 is 1.70 bits per heavy atom. The molecule has 0 spiro atoms. The Labute approximate surface area is 353 Å². The van der Waals surface area contributed by atoms with Gasteiger partial charge in [-0.3, -0.25) is 9.55 Å². The lowest BCUT2D eigenvalue weighted by Crippen LogP contribution is -2.17. The van der Waals surface area contributed by atoms with Crippen LogP contribution < -0.4 is 0 Å². The third kappa shape index (κ3) is 7.30. The minimum absolute atomic E-state index is 0.174. The smallest absolute Gasteiger partial charge is 0.149 e. The summed E-state index contributed by atoms with van der Waals surface area (Å²) in [5.74, 6) is 0.940. The van der Waals surface area contributed by atoms with Crippen molar-refractivity contribution in [3.05, 3.63) is 193 Å². The monoisotopic (exact) mass is 779 g/mol. The minimum Gasteiger partial charge on any atom is -0.507 e. The summed E-state index contributed by atoms with van der Waals surface area (Å²) in [6.07, 6.45) is 1.90. The first-order valence-electron chi connectivity index (χ1n) is 20.7. The molecule has 0 saturated carbocycles. The van der Waals surface area contributed by atoms with Gasteiger partial charge in [0, 0.05) is 28.5 Å². The number of benzene rings is 7. The van der Waals surface area contributed by atoms with Crippen molar-refractivity contribution in [2.45, 2.75) is 52.4 Å². The average Bonchev–Trinajstić information content (AvgIpc) is 3.66. The third-order valence-electron chi connectivity index (χ3n) is 11.5. The zero-order valence-electron chi connectivity index (χ0n) is 35.1. The number of hydrogen-bond donors (Lipinski definition) is 1. The molecule has 0 amide bonds. The van der Waals surface area contributed by atoms with Crippen molar-refractivity contribution in [1.29, 1.82) is 0 Å². The van der Waals surface area contributed by atoms with E-state index in [-0.39, 0.29) is 16.6 Å². The zero-order chi connectivity index (χ0) is 41.6. The van der Waals surface area contributed by atoms with Gasteiger partial charge in [0.15, 0.2) is 0 Å². The topological polar surface area (TPSA) is 50.9 Å². The molecule has 0 fully saturated rings. The highest BCUT2D eigenvalue weighted by atomic mass is 16.3. The summed E-state index contributed by atoms with van der Waals surface area (Å²) in [5, 5.41) is 12.4. The Balaban J connectivity index is 1.35. The molecule has 2 heterocycles. The van der Waals surface area contributed by atoms with E-state index in [1.165, 1.54) is 0 Å². The molecule has 0 bridgehead atoms. The molecule has 1 N–H and O–H groups in total. The van der Waals surface area contributed by atoms with Crippen LogP contribution in [0.15, 0.2) is 182 Å². The van der Waals surface area contributed by atoms with Gasteiger partial charge in [0.05, 0.1) is 28.0 Å². The fraction of sp³-hybridized carbons (Fsp3) is 0.143. The molecule has 9 rings (SSSR count). The van der Waals surface area contributed by atoms with Crippen LogP contribution in [0.1, 0.15) is 52.7 Å². The highest BCUT2D eigenvalue weighted by Crippen LogP contribution is 2.45. The number of fused-ring (bicyclic) bond motifs is 1. The van der Waals surface area contributed by atoms with E-state index in [1.807, 2.05) is 18.3 Å². The minimum atomic E-state index is -0.315. The van der Waals surface area contributed by atoms with Gasteiger partial charge in [0.1, 0.15) is 11.6 Å². The van der Waals surface area contributed by atoms with Gasteiger partial charge in [-0.05, 0) is 98.3 Å². The Hall–Kier alpha value is -7.04. The molecule has 9 aromatic rings. The van der Waals surface area contributed by atoms with Gasteiger partial charge >= 0.3 is 0 Å². The lowest BCUT2D eigenvalue weighted by Gasteiger charge is -2.27. The van der Waals surface area contributed by atoms with Crippen molar-refractivity contribution in [2.24, 2.45) is 0 Å². The Bertz CT molecular complexity index is 2990. The first-order valence-corrected chi connectivity index (χ1v) is 20.7. The highest BCUT2D eigenvalue weighted by molar-refractivity contribution is 5.98. The summed E-state index contributed by atoms with van der Waals surface area (Å²) in [6, 6.07) is 61.7. The fourth-order valence-corrected chi connectivity index (χ4v) is 8.22. The largest absolute Gasteiger partial charge is 0.507 e. The predicted octanol–water partition coefficient (Wildman–Crippen LogP) is 14.7. The lowest BCUT2D eigenvalue weighted by atomic mass is 9.79. The molecule has 0 radical (unpaired) electrons. The second-order valence-corrected chi connectivity index (χ2v) is 17.7. The Morgan fingerprint density at radius 1 is 0.450 bits per heavy atom. The molecule has 0 saturated heterocycles. The molecule has 60 heavy (non-hydrogen) atoms. The molecular weight excluding hydrogens is 731 g/mol. The van der Waals surface area contributed by atoms with E-state index in [4.69, 9.17) is 9.97 Å². The maximum Gasteiger partial charge on any atom is 0.149 e. The van der Waals surface area contributed by atoms with E-state index in [1.54, 1.807) is 0 Å². The summed E-state index contributed by atoms with van der Waals surface area (Å²) in [5.41, 5.74) is 15.6. The third-order valence-corrected chi connectivity index (χ3v) is 11.5. The van der Waals surface area contributed by atoms with Crippen molar-refractivity contribution >= 4 is 11.0 Å². The number of para-hydroxylation sites is 2. The van der Waals surface area contributed by atoms with Crippen molar-refractivity contribution < 1.29 is 5.11 Å². The first kappa shape index (κ1) is 38.5. The zero-order valence-corrected chi connectivity index (χ0v) is 35.1. The van der Waals surface area contributed by atoms with Crippen LogP contribution in [0.3, 0.4) is 0 Å². The molecule has 0 aliphatic heterocycles. The number of aromatic nitrogens is 3. The van der Waals surface area contributed by atoms with E-state index in [2.05, 4.69) is 210 Å². The number of rotatable bonds is 7. The molecule has 2 aromatic heterocycles. The average molecular weight is 780 g/mol.